The lowest BCUT2D eigenvalue weighted by molar-refractivity contribution is 0.595. The van der Waals surface area contributed by atoms with Crippen LogP contribution in [0.5, 0.6) is 0 Å². The van der Waals surface area contributed by atoms with Crippen molar-refractivity contribution in [2.75, 3.05) is 7.05 Å². The number of hydrogen-bond donors (Lipinski definition) is 1. The third-order valence-corrected chi connectivity index (χ3v) is 2.43. The minimum Gasteiger partial charge on any atom is -0.301 e. The molecule has 1 N–H and O–H groups in total. The van der Waals surface area contributed by atoms with Gasteiger partial charge in [-0.1, -0.05) is 15.9 Å². The van der Waals surface area contributed by atoms with Crippen molar-refractivity contribution in [3.05, 3.63) is 34.1 Å². The summed E-state index contributed by atoms with van der Waals surface area (Å²) >= 11 is 9.04. The molecule has 0 bridgehead atoms. The van der Waals surface area contributed by atoms with E-state index < -0.39 is 5.50 Å². The van der Waals surface area contributed by atoms with Crippen LogP contribution >= 0.6 is 27.5 Å². The summed E-state index contributed by atoms with van der Waals surface area (Å²) in [5, 5.41) is 2.75. The van der Waals surface area contributed by atoms with Crippen LogP contribution in [0.1, 0.15) is 11.1 Å². The van der Waals surface area contributed by atoms with Crippen LogP contribution in [-0.2, 0) is 0 Å². The van der Waals surface area contributed by atoms with Crippen molar-refractivity contribution >= 4 is 27.5 Å². The third kappa shape index (κ3) is 2.19. The van der Waals surface area contributed by atoms with E-state index >= 15 is 0 Å². The van der Waals surface area contributed by atoms with Gasteiger partial charge in [-0.3, -0.25) is 0 Å². The predicted octanol–water partition coefficient (Wildman–Crippen LogP) is 3.05. The summed E-state index contributed by atoms with van der Waals surface area (Å²) in [6.07, 6.45) is 0. The Labute approximate surface area is 84.0 Å². The zero-order valence-corrected chi connectivity index (χ0v) is 8.79. The van der Waals surface area contributed by atoms with E-state index in [4.69, 9.17) is 11.6 Å². The number of alkyl halides is 1. The van der Waals surface area contributed by atoms with Gasteiger partial charge >= 0.3 is 0 Å². The van der Waals surface area contributed by atoms with E-state index in [2.05, 4.69) is 21.2 Å². The molecule has 1 atom stereocenters. The van der Waals surface area contributed by atoms with E-state index in [1.807, 2.05) is 0 Å². The highest BCUT2D eigenvalue weighted by molar-refractivity contribution is 9.10. The summed E-state index contributed by atoms with van der Waals surface area (Å²) in [5.74, 6) is -0.299. The predicted molar refractivity (Wildman–Crippen MR) is 51.8 cm³/mol. The van der Waals surface area contributed by atoms with Crippen molar-refractivity contribution in [2.24, 2.45) is 0 Å². The number of benzene rings is 1. The molecule has 0 aliphatic heterocycles. The lowest BCUT2D eigenvalue weighted by Gasteiger charge is -2.09. The second-order valence-electron chi connectivity index (χ2n) is 2.32. The van der Waals surface area contributed by atoms with Crippen LogP contribution < -0.4 is 5.32 Å². The van der Waals surface area contributed by atoms with Crippen LogP contribution in [0, 0.1) is 5.82 Å². The van der Waals surface area contributed by atoms with Crippen LogP contribution in [-0.4, -0.2) is 7.05 Å². The molecular formula is C8H8BrClFN. The van der Waals surface area contributed by atoms with Crippen LogP contribution in [0.3, 0.4) is 0 Å². The molecule has 4 heteroatoms. The maximum Gasteiger partial charge on any atom is 0.129 e. The van der Waals surface area contributed by atoms with Crippen molar-refractivity contribution < 1.29 is 4.39 Å². The maximum atomic E-state index is 13.1. The van der Waals surface area contributed by atoms with Gasteiger partial charge in [0, 0.05) is 10.0 Å². The standard InChI is InChI=1S/C8H8BrClFN/c1-12-8(10)6-4-5(9)2-3-7(6)11/h2-4,8,12H,1H3. The Morgan fingerprint density at radius 2 is 2.25 bits per heavy atom. The third-order valence-electron chi connectivity index (χ3n) is 1.48. The van der Waals surface area contributed by atoms with Gasteiger partial charge in [0.05, 0.1) is 0 Å². The summed E-state index contributed by atoms with van der Waals surface area (Å²) in [6.45, 7) is 0. The first-order chi connectivity index (χ1) is 5.65. The first kappa shape index (κ1) is 9.96. The highest BCUT2D eigenvalue weighted by atomic mass is 79.9. The summed E-state index contributed by atoms with van der Waals surface area (Å²) < 4.78 is 13.9. The molecule has 66 valence electrons. The van der Waals surface area contributed by atoms with E-state index in [-0.39, 0.29) is 5.82 Å². The van der Waals surface area contributed by atoms with Crippen LogP contribution in [0.15, 0.2) is 22.7 Å². The lowest BCUT2D eigenvalue weighted by Crippen LogP contribution is -2.11. The zero-order valence-electron chi connectivity index (χ0n) is 6.44. The van der Waals surface area contributed by atoms with Gasteiger partial charge in [-0.15, -0.1) is 11.6 Å². The monoisotopic (exact) mass is 251 g/mol. The van der Waals surface area contributed by atoms with E-state index in [1.54, 1.807) is 19.2 Å². The molecular weight excluding hydrogens is 244 g/mol. The molecule has 0 saturated heterocycles. The highest BCUT2D eigenvalue weighted by Crippen LogP contribution is 2.23. The molecule has 0 aliphatic carbocycles. The molecule has 1 aromatic rings. The second-order valence-corrected chi connectivity index (χ2v) is 3.67. The Kier molecular flexibility index (Phi) is 3.50. The Bertz CT molecular complexity index is 280. The molecule has 0 saturated carbocycles. The molecule has 0 fully saturated rings. The number of nitrogens with one attached hydrogen (secondary N) is 1. The molecule has 0 aliphatic rings. The first-order valence-electron chi connectivity index (χ1n) is 3.41. The van der Waals surface area contributed by atoms with Crippen molar-refractivity contribution in [1.82, 2.24) is 5.32 Å². The van der Waals surface area contributed by atoms with Crippen LogP contribution in [0.2, 0.25) is 0 Å². The first-order valence-corrected chi connectivity index (χ1v) is 4.64. The summed E-state index contributed by atoms with van der Waals surface area (Å²) in [7, 11) is 1.68. The van der Waals surface area contributed by atoms with Crippen LogP contribution in [0.25, 0.3) is 0 Å². The fourth-order valence-electron chi connectivity index (χ4n) is 0.864. The largest absolute Gasteiger partial charge is 0.301 e. The second kappa shape index (κ2) is 4.21. The van der Waals surface area contributed by atoms with Crippen molar-refractivity contribution in [3.8, 4) is 0 Å². The number of hydrogen-bond acceptors (Lipinski definition) is 1. The minimum atomic E-state index is -0.484. The molecule has 12 heavy (non-hydrogen) atoms. The molecule has 0 radical (unpaired) electrons. The summed E-state index contributed by atoms with van der Waals surface area (Å²) in [5.41, 5.74) is -0.0314. The van der Waals surface area contributed by atoms with Gasteiger partial charge in [-0.25, -0.2) is 4.39 Å². The lowest BCUT2D eigenvalue weighted by atomic mass is 10.2. The van der Waals surface area contributed by atoms with Gasteiger partial charge in [0.15, 0.2) is 0 Å². The molecule has 1 unspecified atom stereocenters. The maximum absolute atomic E-state index is 13.1. The summed E-state index contributed by atoms with van der Waals surface area (Å²) in [6, 6.07) is 4.67. The fraction of sp³-hybridized carbons (Fsp3) is 0.250. The van der Waals surface area contributed by atoms with Gasteiger partial charge in [-0.05, 0) is 25.2 Å². The van der Waals surface area contributed by atoms with E-state index in [1.165, 1.54) is 6.07 Å². The molecule has 1 nitrogen and oxygen atoms in total. The normalized spacial score (nSPS) is 13.0. The SMILES string of the molecule is CNC(Cl)c1cc(Br)ccc1F. The zero-order chi connectivity index (χ0) is 9.14. The Balaban J connectivity index is 3.04. The fourth-order valence-corrected chi connectivity index (χ4v) is 1.41. The van der Waals surface area contributed by atoms with E-state index in [0.717, 1.165) is 4.47 Å². The van der Waals surface area contributed by atoms with Gasteiger partial charge in [0.2, 0.25) is 0 Å². The Morgan fingerprint density at radius 3 is 2.83 bits per heavy atom. The topological polar surface area (TPSA) is 12.0 Å². The van der Waals surface area contributed by atoms with Crippen molar-refractivity contribution in [3.63, 3.8) is 0 Å². The molecule has 0 heterocycles. The average Bonchev–Trinajstić information content (AvgIpc) is 2.08. The van der Waals surface area contributed by atoms with Gasteiger partial charge < -0.3 is 5.32 Å². The minimum absolute atomic E-state index is 0.299. The molecule has 1 rings (SSSR count). The van der Waals surface area contributed by atoms with Gasteiger partial charge in [0.1, 0.15) is 11.3 Å². The quantitative estimate of drug-likeness (QED) is 0.630. The van der Waals surface area contributed by atoms with E-state index in [0.29, 0.717) is 5.56 Å². The average molecular weight is 253 g/mol. The van der Waals surface area contributed by atoms with Crippen molar-refractivity contribution in [2.45, 2.75) is 5.50 Å². The smallest absolute Gasteiger partial charge is 0.129 e. The van der Waals surface area contributed by atoms with E-state index in [9.17, 15) is 4.39 Å². The molecule has 0 amide bonds. The number of rotatable bonds is 2. The highest BCUT2D eigenvalue weighted by Gasteiger charge is 2.10. The van der Waals surface area contributed by atoms with Crippen LogP contribution in [0.4, 0.5) is 4.39 Å². The molecule has 1 aromatic carbocycles. The van der Waals surface area contributed by atoms with Gasteiger partial charge in [-0.2, -0.15) is 0 Å². The van der Waals surface area contributed by atoms with Gasteiger partial charge in [0.25, 0.3) is 0 Å². The van der Waals surface area contributed by atoms with Crippen molar-refractivity contribution in [1.29, 1.82) is 0 Å². The molecule has 0 spiro atoms. The number of halogens is 3. The Hall–Kier alpha value is -0.120. The Morgan fingerprint density at radius 1 is 1.58 bits per heavy atom. The summed E-state index contributed by atoms with van der Waals surface area (Å²) in [4.78, 5) is 0. The molecule has 0 aromatic heterocycles.